The fourth-order valence-corrected chi connectivity index (χ4v) is 6.90. The van der Waals surface area contributed by atoms with Crippen LogP contribution in [0.1, 0.15) is 67.9 Å². The third-order valence-electron chi connectivity index (χ3n) is 8.72. The standard InChI is InChI=1S/C38H43N7O2S/c1-7-9-19-32-39-34-25(3)33(29-15-11-10-12-16-29)35(38(46-5)48-6)40-37(34)44(32)24-27-20-22-28(23-21-27)30-17-13-14-18-31(30)36-41-42-43-45(36)26(4)47-8-2/h10-18,20-23,26,38H,7-9,19,24H2,1-6H3. The van der Waals surface area contributed by atoms with Crippen molar-refractivity contribution in [1.82, 2.24) is 34.7 Å². The second-order valence-corrected chi connectivity index (χ2v) is 12.7. The molecule has 0 radical (unpaired) electrons. The van der Waals surface area contributed by atoms with Crippen molar-refractivity contribution in [2.75, 3.05) is 20.0 Å². The van der Waals surface area contributed by atoms with Crippen LogP contribution >= 0.6 is 11.8 Å². The monoisotopic (exact) mass is 661 g/mol. The van der Waals surface area contributed by atoms with E-state index in [9.17, 15) is 0 Å². The molecule has 248 valence electrons. The van der Waals surface area contributed by atoms with Gasteiger partial charge in [-0.05, 0) is 71.7 Å². The summed E-state index contributed by atoms with van der Waals surface area (Å²) in [5.41, 5.74) is 10.2. The van der Waals surface area contributed by atoms with Crippen LogP contribution in [0, 0.1) is 6.92 Å². The van der Waals surface area contributed by atoms with Gasteiger partial charge < -0.3 is 14.0 Å². The van der Waals surface area contributed by atoms with E-state index in [4.69, 9.17) is 19.4 Å². The van der Waals surface area contributed by atoms with Gasteiger partial charge in [-0.3, -0.25) is 0 Å². The lowest BCUT2D eigenvalue weighted by Crippen LogP contribution is -2.12. The van der Waals surface area contributed by atoms with Crippen LogP contribution in [0.4, 0.5) is 0 Å². The average Bonchev–Trinajstić information content (AvgIpc) is 3.74. The van der Waals surface area contributed by atoms with E-state index in [1.165, 1.54) is 5.56 Å². The van der Waals surface area contributed by atoms with Gasteiger partial charge in [0.15, 0.2) is 17.7 Å². The van der Waals surface area contributed by atoms with E-state index in [2.05, 4.69) is 101 Å². The Morgan fingerprint density at radius 2 is 1.60 bits per heavy atom. The largest absolute Gasteiger partial charge is 0.364 e. The van der Waals surface area contributed by atoms with E-state index >= 15 is 0 Å². The number of pyridine rings is 1. The number of rotatable bonds is 14. The molecule has 0 saturated carbocycles. The number of unbranched alkanes of at least 4 members (excludes halogenated alkanes) is 1. The maximum Gasteiger partial charge on any atom is 0.185 e. The Morgan fingerprint density at radius 3 is 2.29 bits per heavy atom. The Kier molecular flexibility index (Phi) is 10.6. The second kappa shape index (κ2) is 15.2. The van der Waals surface area contributed by atoms with Crippen LogP contribution < -0.4 is 0 Å². The highest BCUT2D eigenvalue weighted by Gasteiger charge is 2.25. The molecule has 6 rings (SSSR count). The van der Waals surface area contributed by atoms with Gasteiger partial charge in [-0.25, -0.2) is 9.97 Å². The summed E-state index contributed by atoms with van der Waals surface area (Å²) in [6, 6.07) is 27.4. The van der Waals surface area contributed by atoms with Crippen molar-refractivity contribution in [3.63, 3.8) is 0 Å². The van der Waals surface area contributed by atoms with Gasteiger partial charge in [0, 0.05) is 31.3 Å². The number of aryl methyl sites for hydroxylation is 2. The van der Waals surface area contributed by atoms with E-state index in [1.807, 2.05) is 32.0 Å². The van der Waals surface area contributed by atoms with Crippen molar-refractivity contribution in [3.05, 3.63) is 102 Å². The highest BCUT2D eigenvalue weighted by molar-refractivity contribution is 7.98. The van der Waals surface area contributed by atoms with Gasteiger partial charge in [0.25, 0.3) is 0 Å². The fraction of sp³-hybridized carbons (Fsp3) is 0.342. The van der Waals surface area contributed by atoms with Crippen LogP contribution in [0.3, 0.4) is 0 Å². The Morgan fingerprint density at radius 1 is 0.875 bits per heavy atom. The van der Waals surface area contributed by atoms with Crippen molar-refractivity contribution < 1.29 is 9.47 Å². The summed E-state index contributed by atoms with van der Waals surface area (Å²) in [6.45, 7) is 9.54. The molecular formula is C38H43N7O2S. The Hall–Kier alpha value is -4.38. The molecule has 2 atom stereocenters. The molecule has 3 aromatic heterocycles. The molecule has 0 aliphatic carbocycles. The van der Waals surface area contributed by atoms with E-state index < -0.39 is 0 Å². The summed E-state index contributed by atoms with van der Waals surface area (Å²) < 4.78 is 15.8. The zero-order valence-corrected chi connectivity index (χ0v) is 29.4. The zero-order valence-electron chi connectivity index (χ0n) is 28.6. The molecule has 48 heavy (non-hydrogen) atoms. The van der Waals surface area contributed by atoms with Crippen molar-refractivity contribution in [2.45, 2.75) is 65.2 Å². The van der Waals surface area contributed by atoms with E-state index in [0.717, 1.165) is 75.3 Å². The maximum absolute atomic E-state index is 5.96. The number of hydrogen-bond acceptors (Lipinski definition) is 8. The first-order chi connectivity index (χ1) is 23.5. The highest BCUT2D eigenvalue weighted by atomic mass is 32.2. The van der Waals surface area contributed by atoms with Gasteiger partial charge in [0.05, 0.1) is 12.2 Å². The molecule has 0 saturated heterocycles. The number of benzene rings is 3. The summed E-state index contributed by atoms with van der Waals surface area (Å²) in [5, 5.41) is 12.5. The van der Waals surface area contributed by atoms with Crippen molar-refractivity contribution in [3.8, 4) is 33.6 Å². The first kappa shape index (κ1) is 33.5. The van der Waals surface area contributed by atoms with E-state index in [1.54, 1.807) is 23.6 Å². The molecule has 3 aromatic carbocycles. The lowest BCUT2D eigenvalue weighted by molar-refractivity contribution is 0.0159. The van der Waals surface area contributed by atoms with Crippen LogP contribution in [-0.4, -0.2) is 54.7 Å². The lowest BCUT2D eigenvalue weighted by atomic mass is 9.98. The molecule has 6 aromatic rings. The van der Waals surface area contributed by atoms with Crippen LogP contribution in [-0.2, 0) is 22.4 Å². The topological polar surface area (TPSA) is 92.8 Å². The first-order valence-electron chi connectivity index (χ1n) is 16.6. The number of methoxy groups -OCH3 is 1. The number of tetrazole rings is 1. The van der Waals surface area contributed by atoms with Crippen LogP contribution in [0.5, 0.6) is 0 Å². The number of ether oxygens (including phenoxy) is 2. The molecular weight excluding hydrogens is 619 g/mol. The molecule has 9 nitrogen and oxygen atoms in total. The molecule has 0 fully saturated rings. The number of fused-ring (bicyclic) bond motifs is 1. The summed E-state index contributed by atoms with van der Waals surface area (Å²) in [5.74, 6) is 1.73. The first-order valence-corrected chi connectivity index (χ1v) is 17.9. The number of thioether (sulfide) groups is 1. The summed E-state index contributed by atoms with van der Waals surface area (Å²) >= 11 is 1.65. The molecule has 0 aliphatic rings. The van der Waals surface area contributed by atoms with E-state index in [-0.39, 0.29) is 11.7 Å². The molecule has 0 bridgehead atoms. The number of imidazole rings is 1. The average molecular weight is 662 g/mol. The summed E-state index contributed by atoms with van der Waals surface area (Å²) in [7, 11) is 1.75. The van der Waals surface area contributed by atoms with Gasteiger partial charge in [0.1, 0.15) is 16.8 Å². The predicted octanol–water partition coefficient (Wildman–Crippen LogP) is 8.68. The van der Waals surface area contributed by atoms with Crippen molar-refractivity contribution in [1.29, 1.82) is 0 Å². The third kappa shape index (κ3) is 6.65. The van der Waals surface area contributed by atoms with Crippen LogP contribution in [0.15, 0.2) is 78.9 Å². The summed E-state index contributed by atoms with van der Waals surface area (Å²) in [4.78, 5) is 10.6. The van der Waals surface area contributed by atoms with Gasteiger partial charge >= 0.3 is 0 Å². The SMILES string of the molecule is CCCCc1nc2c(C)c(-c3ccccc3)c(C(OC)SC)nc2n1Cc1ccc(-c2ccccc2-c2nnnn2C(C)OCC)cc1. The van der Waals surface area contributed by atoms with Gasteiger partial charge in [-0.2, -0.15) is 4.68 Å². The highest BCUT2D eigenvalue weighted by Crippen LogP contribution is 2.39. The zero-order chi connectivity index (χ0) is 33.6. The van der Waals surface area contributed by atoms with Gasteiger partial charge in [-0.1, -0.05) is 92.2 Å². The predicted molar refractivity (Wildman–Crippen MR) is 194 cm³/mol. The van der Waals surface area contributed by atoms with Gasteiger partial charge in [-0.15, -0.1) is 16.9 Å². The van der Waals surface area contributed by atoms with E-state index in [0.29, 0.717) is 19.0 Å². The van der Waals surface area contributed by atoms with Crippen molar-refractivity contribution >= 4 is 22.9 Å². The molecule has 0 amide bonds. The fourth-order valence-electron chi connectivity index (χ4n) is 6.32. The maximum atomic E-state index is 5.96. The molecule has 2 unspecified atom stereocenters. The molecule has 0 N–H and O–H groups in total. The Labute approximate surface area is 286 Å². The van der Waals surface area contributed by atoms with Crippen molar-refractivity contribution in [2.24, 2.45) is 0 Å². The van der Waals surface area contributed by atoms with Crippen LogP contribution in [0.25, 0.3) is 44.8 Å². The molecule has 10 heteroatoms. The summed E-state index contributed by atoms with van der Waals surface area (Å²) in [6.07, 6.45) is 4.82. The normalized spacial score (nSPS) is 12.9. The number of hydrogen-bond donors (Lipinski definition) is 0. The molecule has 0 spiro atoms. The molecule has 3 heterocycles. The molecule has 0 aliphatic heterocycles. The number of aromatic nitrogens is 7. The quantitative estimate of drug-likeness (QED) is 0.107. The minimum Gasteiger partial charge on any atom is -0.364 e. The Balaban J connectivity index is 1.41. The second-order valence-electron chi connectivity index (χ2n) is 11.8. The smallest absolute Gasteiger partial charge is 0.185 e. The minimum absolute atomic E-state index is 0.206. The third-order valence-corrected chi connectivity index (χ3v) is 9.56. The Bertz CT molecular complexity index is 1970. The number of nitrogens with zero attached hydrogens (tertiary/aromatic N) is 7. The minimum atomic E-state index is -0.279. The van der Waals surface area contributed by atoms with Gasteiger partial charge in [0.2, 0.25) is 0 Å². The lowest BCUT2D eigenvalue weighted by Gasteiger charge is -2.19. The van der Waals surface area contributed by atoms with Crippen LogP contribution in [0.2, 0.25) is 0 Å².